The van der Waals surface area contributed by atoms with Crippen LogP contribution >= 0.6 is 0 Å². The summed E-state index contributed by atoms with van der Waals surface area (Å²) in [6, 6.07) is -0.858. The molecule has 2 heterocycles. The summed E-state index contributed by atoms with van der Waals surface area (Å²) in [5.74, 6) is -1.20. The molecule has 0 radical (unpaired) electrons. The van der Waals surface area contributed by atoms with E-state index in [1.807, 2.05) is 0 Å². The second-order valence-electron chi connectivity index (χ2n) is 5.01. The first kappa shape index (κ1) is 12.8. The number of aliphatic hydroxyl groups is 1. The molecule has 0 spiro atoms. The van der Waals surface area contributed by atoms with Gasteiger partial charge < -0.3 is 19.3 Å². The summed E-state index contributed by atoms with van der Waals surface area (Å²) in [5, 5.41) is 13.0. The first-order chi connectivity index (χ1) is 7.85. The van der Waals surface area contributed by atoms with Crippen molar-refractivity contribution in [2.75, 3.05) is 7.11 Å². The number of carbonyl (C=O) groups excluding carboxylic acids is 1. The zero-order valence-corrected chi connectivity index (χ0v) is 10.5. The van der Waals surface area contributed by atoms with Crippen LogP contribution in [0.5, 0.6) is 0 Å². The van der Waals surface area contributed by atoms with Gasteiger partial charge in [-0.25, -0.2) is 0 Å². The zero-order valence-electron chi connectivity index (χ0n) is 10.5. The first-order valence-electron chi connectivity index (χ1n) is 5.73. The maximum Gasteiger partial charge on any atom is 0.325 e. The number of methoxy groups -OCH3 is 1. The monoisotopic (exact) mass is 245 g/mol. The molecule has 2 saturated heterocycles. The number of ether oxygens (including phenoxy) is 3. The van der Waals surface area contributed by atoms with Crippen LogP contribution in [0.4, 0.5) is 0 Å². The number of carbonyl (C=O) groups is 1. The van der Waals surface area contributed by atoms with Crippen LogP contribution in [-0.2, 0) is 19.0 Å². The highest BCUT2D eigenvalue weighted by molar-refractivity contribution is 5.77. The Morgan fingerprint density at radius 2 is 1.94 bits per heavy atom. The number of rotatable bonds is 1. The van der Waals surface area contributed by atoms with Gasteiger partial charge in [-0.15, -0.1) is 0 Å². The van der Waals surface area contributed by atoms with E-state index in [1.165, 1.54) is 7.11 Å². The van der Waals surface area contributed by atoms with E-state index in [9.17, 15) is 9.90 Å². The fourth-order valence-electron chi connectivity index (χ4n) is 2.43. The predicted molar refractivity (Wildman–Crippen MR) is 58.2 cm³/mol. The Balaban J connectivity index is 2.23. The number of hydrogen-bond donors (Lipinski definition) is 2. The van der Waals surface area contributed by atoms with Gasteiger partial charge in [-0.1, -0.05) is 0 Å². The van der Waals surface area contributed by atoms with E-state index in [4.69, 9.17) is 14.2 Å². The molecule has 0 aromatic rings. The molecule has 5 atom stereocenters. The fourth-order valence-corrected chi connectivity index (χ4v) is 2.43. The molecule has 6 nitrogen and oxygen atoms in total. The smallest absolute Gasteiger partial charge is 0.325 e. The minimum absolute atomic E-state index is 0.252. The molecule has 2 aliphatic rings. The summed E-state index contributed by atoms with van der Waals surface area (Å²) in [6.45, 7) is 5.32. The molecule has 0 aromatic carbocycles. The topological polar surface area (TPSA) is 77.0 Å². The molecule has 0 bridgehead atoms. The van der Waals surface area contributed by atoms with E-state index in [0.29, 0.717) is 0 Å². The van der Waals surface area contributed by atoms with Crippen LogP contribution in [0.3, 0.4) is 0 Å². The minimum atomic E-state index is -0.797. The third kappa shape index (κ3) is 2.18. The molecule has 2 fully saturated rings. The average molecular weight is 245 g/mol. The number of aliphatic hydroxyl groups excluding tert-OH is 1. The Bertz CT molecular complexity index is 319. The van der Waals surface area contributed by atoms with E-state index in [1.54, 1.807) is 20.8 Å². The summed E-state index contributed by atoms with van der Waals surface area (Å²) in [6.07, 6.45) is -1.74. The van der Waals surface area contributed by atoms with Gasteiger partial charge in [0.2, 0.25) is 0 Å². The van der Waals surface area contributed by atoms with Crippen molar-refractivity contribution in [3.63, 3.8) is 0 Å². The second kappa shape index (κ2) is 4.20. The number of hydrogen-bond acceptors (Lipinski definition) is 6. The molecule has 17 heavy (non-hydrogen) atoms. The summed E-state index contributed by atoms with van der Waals surface area (Å²) < 4.78 is 16.0. The van der Waals surface area contributed by atoms with Crippen LogP contribution in [0.15, 0.2) is 0 Å². The van der Waals surface area contributed by atoms with Crippen molar-refractivity contribution in [3.05, 3.63) is 0 Å². The highest BCUT2D eigenvalue weighted by Crippen LogP contribution is 2.35. The highest BCUT2D eigenvalue weighted by atomic mass is 16.8. The van der Waals surface area contributed by atoms with E-state index in [0.717, 1.165) is 0 Å². The highest BCUT2D eigenvalue weighted by Gasteiger charge is 2.55. The van der Waals surface area contributed by atoms with Gasteiger partial charge in [0.1, 0.15) is 18.2 Å². The van der Waals surface area contributed by atoms with Gasteiger partial charge in [-0.3, -0.25) is 10.1 Å². The third-order valence-electron chi connectivity index (χ3n) is 3.24. The van der Waals surface area contributed by atoms with Crippen LogP contribution in [0.25, 0.3) is 0 Å². The zero-order chi connectivity index (χ0) is 12.8. The van der Waals surface area contributed by atoms with Crippen molar-refractivity contribution in [2.45, 2.75) is 57.0 Å². The molecule has 0 saturated carbocycles. The number of fused-ring (bicyclic) bond motifs is 1. The lowest BCUT2D eigenvalue weighted by atomic mass is 9.91. The molecule has 0 aliphatic carbocycles. The first-order valence-corrected chi connectivity index (χ1v) is 5.73. The molecule has 2 rings (SSSR count). The van der Waals surface area contributed by atoms with Crippen molar-refractivity contribution in [2.24, 2.45) is 0 Å². The SMILES string of the molecule is COC(=O)[C@H]1N[C@@H](C)[C@H](O)[C@H]2OC(C)(C)O[C@H]21. The normalized spacial score (nSPS) is 44.2. The molecule has 6 heteroatoms. The van der Waals surface area contributed by atoms with Crippen molar-refractivity contribution in [1.82, 2.24) is 5.32 Å². The standard InChI is InChI=1S/C11H19NO5/c1-5-7(13)9-8(16-11(2,3)17-9)6(12-5)10(14)15-4/h5-9,12-13H,1-4H3/t5-,6-,7-,8-,9+/m0/s1. The van der Waals surface area contributed by atoms with Gasteiger partial charge in [0.25, 0.3) is 0 Å². The van der Waals surface area contributed by atoms with Crippen LogP contribution in [0.1, 0.15) is 20.8 Å². The predicted octanol–water partition coefficient (Wildman–Crippen LogP) is -0.599. The molecule has 0 aromatic heterocycles. The van der Waals surface area contributed by atoms with Gasteiger partial charge in [0.15, 0.2) is 5.79 Å². The lowest BCUT2D eigenvalue weighted by Gasteiger charge is -2.38. The van der Waals surface area contributed by atoms with Crippen LogP contribution in [0, 0.1) is 0 Å². The molecule has 98 valence electrons. The molecule has 0 amide bonds. The Kier molecular flexibility index (Phi) is 3.15. The maximum absolute atomic E-state index is 11.7. The molecule has 0 unspecified atom stereocenters. The van der Waals surface area contributed by atoms with Gasteiger partial charge in [-0.05, 0) is 20.8 Å². The minimum Gasteiger partial charge on any atom is -0.468 e. The van der Waals surface area contributed by atoms with Gasteiger partial charge in [0.05, 0.1) is 13.2 Å². The Morgan fingerprint density at radius 1 is 1.35 bits per heavy atom. The van der Waals surface area contributed by atoms with Gasteiger partial charge >= 0.3 is 5.97 Å². The lowest BCUT2D eigenvalue weighted by Crippen LogP contribution is -2.65. The Hall–Kier alpha value is -0.690. The summed E-state index contributed by atoms with van der Waals surface area (Å²) in [7, 11) is 1.33. The fraction of sp³-hybridized carbons (Fsp3) is 0.909. The van der Waals surface area contributed by atoms with E-state index in [-0.39, 0.29) is 6.04 Å². The van der Waals surface area contributed by atoms with Crippen LogP contribution < -0.4 is 5.32 Å². The number of piperidine rings is 1. The van der Waals surface area contributed by atoms with Crippen LogP contribution in [0.2, 0.25) is 0 Å². The van der Waals surface area contributed by atoms with E-state index >= 15 is 0 Å². The Morgan fingerprint density at radius 3 is 2.53 bits per heavy atom. The Labute approximate surface area is 100 Å². The third-order valence-corrected chi connectivity index (χ3v) is 3.24. The number of esters is 1. The second-order valence-corrected chi connectivity index (χ2v) is 5.01. The van der Waals surface area contributed by atoms with E-state index in [2.05, 4.69) is 5.32 Å². The summed E-state index contributed by atoms with van der Waals surface area (Å²) in [4.78, 5) is 11.7. The van der Waals surface area contributed by atoms with Crippen molar-refractivity contribution in [3.8, 4) is 0 Å². The van der Waals surface area contributed by atoms with Crippen LogP contribution in [-0.4, -0.2) is 54.4 Å². The molecule has 2 N–H and O–H groups in total. The van der Waals surface area contributed by atoms with Gasteiger partial charge in [-0.2, -0.15) is 0 Å². The summed E-state index contributed by atoms with van der Waals surface area (Å²) in [5.41, 5.74) is 0. The largest absolute Gasteiger partial charge is 0.468 e. The molecular formula is C11H19NO5. The number of nitrogens with one attached hydrogen (secondary N) is 1. The quantitative estimate of drug-likeness (QED) is 0.601. The van der Waals surface area contributed by atoms with Crippen molar-refractivity contribution >= 4 is 5.97 Å². The van der Waals surface area contributed by atoms with Crippen molar-refractivity contribution < 1.29 is 24.1 Å². The molecular weight excluding hydrogens is 226 g/mol. The van der Waals surface area contributed by atoms with Crippen molar-refractivity contribution in [1.29, 1.82) is 0 Å². The average Bonchev–Trinajstić information content (AvgIpc) is 2.58. The maximum atomic E-state index is 11.7. The summed E-state index contributed by atoms with van der Waals surface area (Å²) >= 11 is 0. The van der Waals surface area contributed by atoms with Gasteiger partial charge in [0, 0.05) is 6.04 Å². The van der Waals surface area contributed by atoms with E-state index < -0.39 is 36.1 Å². The molecule has 2 aliphatic heterocycles. The lowest BCUT2D eigenvalue weighted by molar-refractivity contribution is -0.158.